The van der Waals surface area contributed by atoms with Gasteiger partial charge in [0.25, 0.3) is 5.56 Å². The minimum atomic E-state index is -0.111. The summed E-state index contributed by atoms with van der Waals surface area (Å²) in [7, 11) is 1.91. The van der Waals surface area contributed by atoms with E-state index in [9.17, 15) is 4.79 Å². The number of likely N-dealkylation sites (N-methyl/N-ethyl adjacent to an activating group) is 1. The number of nitrogens with zero attached hydrogens (tertiary/aromatic N) is 2. The number of hydrogen-bond acceptors (Lipinski definition) is 4. The van der Waals surface area contributed by atoms with Crippen LogP contribution >= 0.6 is 0 Å². The van der Waals surface area contributed by atoms with Gasteiger partial charge in [0.1, 0.15) is 11.6 Å². The molecular formula is C13H23N3O2. The Hall–Kier alpha value is -1.36. The van der Waals surface area contributed by atoms with E-state index in [1.165, 1.54) is 6.07 Å². The SMILES string of the molecule is CC(C)OCCN(C)c1cc(=O)[nH]c(C(C)C)n1. The van der Waals surface area contributed by atoms with Gasteiger partial charge < -0.3 is 14.6 Å². The number of aromatic nitrogens is 2. The van der Waals surface area contributed by atoms with E-state index in [1.54, 1.807) is 0 Å². The summed E-state index contributed by atoms with van der Waals surface area (Å²) in [5, 5.41) is 0. The maximum absolute atomic E-state index is 11.5. The second-order valence-electron chi connectivity index (χ2n) is 4.98. The third-order valence-electron chi connectivity index (χ3n) is 2.56. The van der Waals surface area contributed by atoms with Gasteiger partial charge in [-0.25, -0.2) is 4.98 Å². The molecule has 0 aliphatic rings. The van der Waals surface area contributed by atoms with Gasteiger partial charge in [-0.2, -0.15) is 0 Å². The molecule has 0 aliphatic heterocycles. The largest absolute Gasteiger partial charge is 0.377 e. The smallest absolute Gasteiger partial charge is 0.252 e. The van der Waals surface area contributed by atoms with Crippen LogP contribution in [-0.2, 0) is 4.74 Å². The van der Waals surface area contributed by atoms with Crippen molar-refractivity contribution in [2.24, 2.45) is 0 Å². The molecule has 0 aliphatic carbocycles. The quantitative estimate of drug-likeness (QED) is 0.839. The Balaban J connectivity index is 2.73. The van der Waals surface area contributed by atoms with Gasteiger partial charge >= 0.3 is 0 Å². The fourth-order valence-electron chi connectivity index (χ4n) is 1.47. The van der Waals surface area contributed by atoms with E-state index >= 15 is 0 Å². The van der Waals surface area contributed by atoms with Gasteiger partial charge in [0.2, 0.25) is 0 Å². The van der Waals surface area contributed by atoms with Crippen LogP contribution in [0.15, 0.2) is 10.9 Å². The predicted molar refractivity (Wildman–Crippen MR) is 73.3 cm³/mol. The van der Waals surface area contributed by atoms with Crippen molar-refractivity contribution in [2.45, 2.75) is 39.7 Å². The lowest BCUT2D eigenvalue weighted by molar-refractivity contribution is 0.0845. The third kappa shape index (κ3) is 4.49. The molecule has 0 radical (unpaired) electrons. The summed E-state index contributed by atoms with van der Waals surface area (Å²) in [4.78, 5) is 20.7. The zero-order chi connectivity index (χ0) is 13.7. The molecule has 0 fully saturated rings. The molecule has 0 saturated heterocycles. The first-order valence-corrected chi connectivity index (χ1v) is 6.34. The van der Waals surface area contributed by atoms with Crippen molar-refractivity contribution >= 4 is 5.82 Å². The molecule has 18 heavy (non-hydrogen) atoms. The van der Waals surface area contributed by atoms with Crippen LogP contribution in [0.1, 0.15) is 39.4 Å². The number of anilines is 1. The highest BCUT2D eigenvalue weighted by Crippen LogP contribution is 2.11. The second-order valence-corrected chi connectivity index (χ2v) is 4.98. The van der Waals surface area contributed by atoms with Gasteiger partial charge in [-0.3, -0.25) is 4.79 Å². The van der Waals surface area contributed by atoms with Crippen molar-refractivity contribution in [3.05, 3.63) is 22.2 Å². The summed E-state index contributed by atoms with van der Waals surface area (Å²) in [5.74, 6) is 1.61. The molecule has 102 valence electrons. The lowest BCUT2D eigenvalue weighted by Crippen LogP contribution is -2.27. The molecule has 0 unspecified atom stereocenters. The van der Waals surface area contributed by atoms with Crippen molar-refractivity contribution in [2.75, 3.05) is 25.1 Å². The Morgan fingerprint density at radius 3 is 2.61 bits per heavy atom. The van der Waals surface area contributed by atoms with Gasteiger partial charge in [-0.1, -0.05) is 13.8 Å². The Labute approximate surface area is 108 Å². The topological polar surface area (TPSA) is 58.2 Å². The van der Waals surface area contributed by atoms with Gasteiger partial charge in [0.15, 0.2) is 0 Å². The summed E-state index contributed by atoms with van der Waals surface area (Å²) >= 11 is 0. The molecule has 0 saturated carbocycles. The standard InChI is InChI=1S/C13H23N3O2/c1-9(2)13-14-11(8-12(17)15-13)16(5)6-7-18-10(3)4/h8-10H,6-7H2,1-5H3,(H,14,15,17). The number of nitrogens with one attached hydrogen (secondary N) is 1. The fraction of sp³-hybridized carbons (Fsp3) is 0.692. The fourth-order valence-corrected chi connectivity index (χ4v) is 1.47. The Kier molecular flexibility index (Phi) is 5.34. The Bertz CT molecular complexity index is 426. The van der Waals surface area contributed by atoms with Crippen LogP contribution in [0, 0.1) is 0 Å². The van der Waals surface area contributed by atoms with Crippen molar-refractivity contribution in [1.82, 2.24) is 9.97 Å². The van der Waals surface area contributed by atoms with Gasteiger partial charge in [0, 0.05) is 25.6 Å². The molecule has 1 heterocycles. The maximum Gasteiger partial charge on any atom is 0.252 e. The lowest BCUT2D eigenvalue weighted by Gasteiger charge is -2.19. The van der Waals surface area contributed by atoms with Crippen molar-refractivity contribution in [3.63, 3.8) is 0 Å². The molecule has 0 atom stereocenters. The average molecular weight is 253 g/mol. The molecule has 0 amide bonds. The molecule has 1 aromatic heterocycles. The van der Waals surface area contributed by atoms with Crippen molar-refractivity contribution < 1.29 is 4.74 Å². The first-order chi connectivity index (χ1) is 8.40. The number of rotatable bonds is 6. The van der Waals surface area contributed by atoms with Crippen LogP contribution in [0.2, 0.25) is 0 Å². The van der Waals surface area contributed by atoms with Crippen LogP contribution in [0.4, 0.5) is 5.82 Å². The zero-order valence-electron chi connectivity index (χ0n) is 11.9. The van der Waals surface area contributed by atoms with Crippen molar-refractivity contribution in [1.29, 1.82) is 0 Å². The average Bonchev–Trinajstić information content (AvgIpc) is 2.27. The molecule has 1 aromatic rings. The molecule has 1 rings (SSSR count). The van der Waals surface area contributed by atoms with E-state index in [4.69, 9.17) is 4.74 Å². The van der Waals surface area contributed by atoms with Crippen LogP contribution in [0.3, 0.4) is 0 Å². The second kappa shape index (κ2) is 6.54. The van der Waals surface area contributed by atoms with Crippen molar-refractivity contribution in [3.8, 4) is 0 Å². The van der Waals surface area contributed by atoms with Crippen LogP contribution < -0.4 is 10.5 Å². The number of aromatic amines is 1. The highest BCUT2D eigenvalue weighted by Gasteiger charge is 2.08. The van der Waals surface area contributed by atoms with E-state index in [1.807, 2.05) is 39.6 Å². The van der Waals surface area contributed by atoms with E-state index in [0.717, 1.165) is 0 Å². The van der Waals surface area contributed by atoms with Crippen LogP contribution in [-0.4, -0.2) is 36.3 Å². The van der Waals surface area contributed by atoms with Gasteiger partial charge in [-0.15, -0.1) is 0 Å². The third-order valence-corrected chi connectivity index (χ3v) is 2.56. The number of H-pyrrole nitrogens is 1. The Morgan fingerprint density at radius 2 is 2.06 bits per heavy atom. The maximum atomic E-state index is 11.5. The minimum absolute atomic E-state index is 0.111. The number of ether oxygens (including phenoxy) is 1. The minimum Gasteiger partial charge on any atom is -0.377 e. The highest BCUT2D eigenvalue weighted by atomic mass is 16.5. The Morgan fingerprint density at radius 1 is 1.39 bits per heavy atom. The zero-order valence-corrected chi connectivity index (χ0v) is 11.9. The highest BCUT2D eigenvalue weighted by molar-refractivity contribution is 5.36. The molecule has 0 spiro atoms. The first-order valence-electron chi connectivity index (χ1n) is 6.34. The van der Waals surface area contributed by atoms with Gasteiger partial charge in [0.05, 0.1) is 12.7 Å². The van der Waals surface area contributed by atoms with Crippen LogP contribution in [0.25, 0.3) is 0 Å². The van der Waals surface area contributed by atoms with Crippen LogP contribution in [0.5, 0.6) is 0 Å². The van der Waals surface area contributed by atoms with E-state index < -0.39 is 0 Å². The first kappa shape index (κ1) is 14.7. The molecule has 5 nitrogen and oxygen atoms in total. The summed E-state index contributed by atoms with van der Waals surface area (Å²) in [6.45, 7) is 9.35. The summed E-state index contributed by atoms with van der Waals surface area (Å²) in [6.07, 6.45) is 0.219. The molecule has 0 aromatic carbocycles. The summed E-state index contributed by atoms with van der Waals surface area (Å²) in [5.41, 5.74) is -0.111. The number of hydrogen-bond donors (Lipinski definition) is 1. The van der Waals surface area contributed by atoms with E-state index in [2.05, 4.69) is 9.97 Å². The molecular weight excluding hydrogens is 230 g/mol. The van der Waals surface area contributed by atoms with E-state index in [0.29, 0.717) is 24.8 Å². The normalized spacial score (nSPS) is 11.3. The lowest BCUT2D eigenvalue weighted by atomic mass is 10.2. The monoisotopic (exact) mass is 253 g/mol. The molecule has 1 N–H and O–H groups in total. The van der Waals surface area contributed by atoms with E-state index in [-0.39, 0.29) is 17.6 Å². The predicted octanol–water partition coefficient (Wildman–Crippen LogP) is 1.75. The molecule has 0 bridgehead atoms. The summed E-state index contributed by atoms with van der Waals surface area (Å²) < 4.78 is 5.49. The summed E-state index contributed by atoms with van der Waals surface area (Å²) in [6, 6.07) is 1.52. The van der Waals surface area contributed by atoms with Gasteiger partial charge in [-0.05, 0) is 13.8 Å². The molecule has 5 heteroatoms.